The predicted octanol–water partition coefficient (Wildman–Crippen LogP) is 4.86. The van der Waals surface area contributed by atoms with Gasteiger partial charge in [0.05, 0.1) is 11.3 Å². The zero-order valence-corrected chi connectivity index (χ0v) is 19.7. The third-order valence-electron chi connectivity index (χ3n) is 7.00. The number of amides is 1. The maximum atomic E-state index is 12.8. The van der Waals surface area contributed by atoms with E-state index in [1.165, 1.54) is 5.56 Å². The highest BCUT2D eigenvalue weighted by atomic mass is 32.2. The summed E-state index contributed by atoms with van der Waals surface area (Å²) in [7, 11) is -3.28. The maximum absolute atomic E-state index is 12.8. The Bertz CT molecular complexity index is 1180. The monoisotopic (exact) mass is 492 g/mol. The van der Waals surface area contributed by atoms with E-state index in [1.807, 2.05) is 25.1 Å². The first kappa shape index (κ1) is 24.6. The van der Waals surface area contributed by atoms with Gasteiger partial charge < -0.3 is 0 Å². The van der Waals surface area contributed by atoms with Gasteiger partial charge in [-0.15, -0.1) is 0 Å². The maximum Gasteiger partial charge on any atom is 0.416 e. The molecule has 0 aromatic heterocycles. The fourth-order valence-electron chi connectivity index (χ4n) is 5.24. The second-order valence-corrected chi connectivity index (χ2v) is 11.1. The quantitative estimate of drug-likeness (QED) is 0.560. The van der Waals surface area contributed by atoms with Crippen molar-refractivity contribution in [2.24, 2.45) is 10.9 Å². The number of halogens is 3. The van der Waals surface area contributed by atoms with Crippen LogP contribution in [0.1, 0.15) is 53.2 Å². The average Bonchev–Trinajstić information content (AvgIpc) is 3.10. The number of rotatable bonds is 5. The van der Waals surface area contributed by atoms with E-state index in [1.54, 1.807) is 10.5 Å². The fourth-order valence-corrected chi connectivity index (χ4v) is 6.75. The molecular weight excluding hydrogens is 465 g/mol. The molecule has 1 saturated heterocycles. The second-order valence-electron chi connectivity index (χ2n) is 9.00. The lowest BCUT2D eigenvalue weighted by atomic mass is 9.69. The molecule has 2 aromatic rings. The van der Waals surface area contributed by atoms with Crippen molar-refractivity contribution in [3.63, 3.8) is 0 Å². The zero-order valence-electron chi connectivity index (χ0n) is 18.9. The molecule has 1 amide bonds. The summed E-state index contributed by atoms with van der Waals surface area (Å²) >= 11 is 0. The molecule has 0 radical (unpaired) electrons. The minimum absolute atomic E-state index is 0.0919. The number of alkyl halides is 3. The Morgan fingerprint density at radius 2 is 1.76 bits per heavy atom. The lowest BCUT2D eigenvalue weighted by Crippen LogP contribution is -2.48. The van der Waals surface area contributed by atoms with Crippen LogP contribution >= 0.6 is 0 Å². The highest BCUT2D eigenvalue weighted by Gasteiger charge is 2.48. The van der Waals surface area contributed by atoms with Crippen molar-refractivity contribution in [3.05, 3.63) is 70.8 Å². The number of hydrogen-bond acceptors (Lipinski definition) is 3. The van der Waals surface area contributed by atoms with Gasteiger partial charge in [-0.25, -0.2) is 17.7 Å². The van der Waals surface area contributed by atoms with Gasteiger partial charge in [0.1, 0.15) is 0 Å². The summed E-state index contributed by atoms with van der Waals surface area (Å²) in [5.41, 5.74) is 1.28. The third kappa shape index (κ3) is 4.68. The standard InChI is InChI=1S/C25H27F3N2O3S/c1-2-15-34(32,33)30-13-11-24(12-14-30)21(16-19-5-3-4-6-22(19)24)17-29-23(31)18-7-9-20(10-8-18)25(26,27)28/h3-10,17,21H,2,11-16H2,1H3. The summed E-state index contributed by atoms with van der Waals surface area (Å²) < 4.78 is 65.1. The van der Waals surface area contributed by atoms with Crippen molar-refractivity contribution >= 4 is 22.1 Å². The summed E-state index contributed by atoms with van der Waals surface area (Å²) in [5.74, 6) is -0.564. The Balaban J connectivity index is 1.56. The molecule has 0 saturated carbocycles. The first-order chi connectivity index (χ1) is 16.1. The molecule has 1 heterocycles. The van der Waals surface area contributed by atoms with Crippen LogP contribution in [0.5, 0.6) is 0 Å². The molecule has 1 aliphatic carbocycles. The van der Waals surface area contributed by atoms with Gasteiger partial charge in [-0.05, 0) is 61.1 Å². The first-order valence-corrected chi connectivity index (χ1v) is 13.0. The Morgan fingerprint density at radius 3 is 2.38 bits per heavy atom. The molecule has 5 nitrogen and oxygen atoms in total. The molecule has 1 spiro atoms. The molecule has 4 rings (SSSR count). The molecule has 1 fully saturated rings. The molecular formula is C25H27F3N2O3S. The number of nitrogens with zero attached hydrogens (tertiary/aromatic N) is 2. The number of hydrogen-bond donors (Lipinski definition) is 0. The van der Waals surface area contributed by atoms with Gasteiger partial charge in [-0.2, -0.15) is 13.2 Å². The van der Waals surface area contributed by atoms with E-state index in [4.69, 9.17) is 0 Å². The van der Waals surface area contributed by atoms with E-state index in [9.17, 15) is 26.4 Å². The number of fused-ring (bicyclic) bond motifs is 2. The van der Waals surface area contributed by atoms with Crippen LogP contribution in [0.15, 0.2) is 53.5 Å². The Hall–Kier alpha value is -2.52. The van der Waals surface area contributed by atoms with Crippen molar-refractivity contribution in [3.8, 4) is 0 Å². The topological polar surface area (TPSA) is 66.8 Å². The first-order valence-electron chi connectivity index (χ1n) is 11.4. The van der Waals surface area contributed by atoms with E-state index in [2.05, 4.69) is 11.1 Å². The third-order valence-corrected chi connectivity index (χ3v) is 9.08. The highest BCUT2D eigenvalue weighted by molar-refractivity contribution is 7.89. The Kier molecular flexibility index (Phi) is 6.70. The molecule has 2 aliphatic rings. The van der Waals surface area contributed by atoms with Gasteiger partial charge in [0.2, 0.25) is 10.0 Å². The van der Waals surface area contributed by atoms with Gasteiger partial charge in [0, 0.05) is 36.2 Å². The van der Waals surface area contributed by atoms with Gasteiger partial charge in [-0.1, -0.05) is 31.2 Å². The smallest absolute Gasteiger partial charge is 0.267 e. The summed E-state index contributed by atoms with van der Waals surface area (Å²) in [5, 5.41) is 0. The van der Waals surface area contributed by atoms with Crippen LogP contribution in [0, 0.1) is 5.92 Å². The number of sulfonamides is 1. The fraction of sp³-hybridized carbons (Fsp3) is 0.440. The van der Waals surface area contributed by atoms with Gasteiger partial charge >= 0.3 is 6.18 Å². The van der Waals surface area contributed by atoms with Gasteiger partial charge in [-0.3, -0.25) is 4.79 Å². The summed E-state index contributed by atoms with van der Waals surface area (Å²) in [4.78, 5) is 16.7. The Morgan fingerprint density at radius 1 is 1.12 bits per heavy atom. The largest absolute Gasteiger partial charge is 0.416 e. The summed E-state index contributed by atoms with van der Waals surface area (Å²) in [6.07, 6.45) is -0.353. The van der Waals surface area contributed by atoms with Gasteiger partial charge in [0.15, 0.2) is 0 Å². The second kappa shape index (κ2) is 9.26. The average molecular weight is 493 g/mol. The molecule has 1 atom stereocenters. The number of aliphatic imine (C=N–C) groups is 1. The van der Waals surface area contributed by atoms with Crippen molar-refractivity contribution in [1.82, 2.24) is 4.31 Å². The number of benzene rings is 2. The van der Waals surface area contributed by atoms with Crippen LogP contribution < -0.4 is 0 Å². The van der Waals surface area contributed by atoms with Crippen LogP contribution in [0.4, 0.5) is 13.2 Å². The molecule has 34 heavy (non-hydrogen) atoms. The van der Waals surface area contributed by atoms with Crippen molar-refractivity contribution < 1.29 is 26.4 Å². The minimum Gasteiger partial charge on any atom is -0.267 e. The van der Waals surface area contributed by atoms with Crippen molar-refractivity contribution in [1.29, 1.82) is 0 Å². The molecule has 2 aromatic carbocycles. The van der Waals surface area contributed by atoms with Crippen LogP contribution in [0.2, 0.25) is 0 Å². The van der Waals surface area contributed by atoms with Gasteiger partial charge in [0.25, 0.3) is 5.91 Å². The lowest BCUT2D eigenvalue weighted by molar-refractivity contribution is -0.137. The van der Waals surface area contributed by atoms with Crippen molar-refractivity contribution in [2.45, 2.75) is 44.2 Å². The van der Waals surface area contributed by atoms with Crippen LogP contribution in [-0.2, 0) is 28.0 Å². The van der Waals surface area contributed by atoms with E-state index >= 15 is 0 Å². The van der Waals surface area contributed by atoms with E-state index in [0.29, 0.717) is 38.8 Å². The minimum atomic E-state index is -4.47. The molecule has 0 bridgehead atoms. The number of carbonyl (C=O) groups is 1. The molecule has 182 valence electrons. The van der Waals surface area contributed by atoms with E-state index < -0.39 is 27.7 Å². The predicted molar refractivity (Wildman–Crippen MR) is 124 cm³/mol. The van der Waals surface area contributed by atoms with E-state index in [0.717, 1.165) is 29.8 Å². The SMILES string of the molecule is CCCS(=O)(=O)N1CCC2(CC1)c1ccccc1CC2C=NC(=O)c1ccc(C(F)(F)F)cc1. The highest BCUT2D eigenvalue weighted by Crippen LogP contribution is 2.49. The van der Waals surface area contributed by atoms with Crippen LogP contribution in [0.3, 0.4) is 0 Å². The summed E-state index contributed by atoms with van der Waals surface area (Å²) in [6, 6.07) is 12.1. The zero-order chi connectivity index (χ0) is 24.6. The molecule has 0 N–H and O–H groups in total. The van der Waals surface area contributed by atoms with Crippen LogP contribution in [-0.4, -0.2) is 43.7 Å². The lowest BCUT2D eigenvalue weighted by Gasteiger charge is -2.42. The number of carbonyl (C=O) groups excluding carboxylic acids is 1. The van der Waals surface area contributed by atoms with E-state index in [-0.39, 0.29) is 22.6 Å². The molecule has 1 aliphatic heterocycles. The Labute approximate surface area is 197 Å². The van der Waals surface area contributed by atoms with Crippen molar-refractivity contribution in [2.75, 3.05) is 18.8 Å². The number of piperidine rings is 1. The summed E-state index contributed by atoms with van der Waals surface area (Å²) in [6.45, 7) is 2.66. The van der Waals surface area contributed by atoms with Crippen LogP contribution in [0.25, 0.3) is 0 Å². The normalized spacial score (nSPS) is 20.6. The molecule has 1 unspecified atom stereocenters. The molecule has 9 heteroatoms.